The summed E-state index contributed by atoms with van der Waals surface area (Å²) in [6.07, 6.45) is 3.22. The van der Waals surface area contributed by atoms with Crippen molar-refractivity contribution in [1.82, 2.24) is 4.98 Å². The van der Waals surface area contributed by atoms with Crippen LogP contribution in [0.4, 0.5) is 11.4 Å². The van der Waals surface area contributed by atoms with E-state index in [0.717, 1.165) is 29.8 Å². The molecule has 2 amide bonds. The number of para-hydroxylation sites is 2. The molecular weight excluding hydrogens is 362 g/mol. The van der Waals surface area contributed by atoms with Gasteiger partial charge in [0.25, 0.3) is 11.8 Å². The first kappa shape index (κ1) is 17.6. The second-order valence-electron chi connectivity index (χ2n) is 7.62. The molecule has 29 heavy (non-hydrogen) atoms. The number of nitrogens with zero attached hydrogens (tertiary/aromatic N) is 3. The molecule has 0 spiro atoms. The van der Waals surface area contributed by atoms with Crippen LogP contribution in [0.1, 0.15) is 38.9 Å². The van der Waals surface area contributed by atoms with Crippen LogP contribution in [0.25, 0.3) is 0 Å². The largest absolute Gasteiger partial charge is 0.308 e. The Balaban J connectivity index is 1.45. The van der Waals surface area contributed by atoms with E-state index in [1.807, 2.05) is 43.3 Å². The van der Waals surface area contributed by atoms with Gasteiger partial charge in [-0.15, -0.1) is 0 Å². The summed E-state index contributed by atoms with van der Waals surface area (Å²) in [5.74, 6) is -0.264. The summed E-state index contributed by atoms with van der Waals surface area (Å²) in [6, 6.07) is 19.3. The van der Waals surface area contributed by atoms with Gasteiger partial charge in [0.2, 0.25) is 0 Å². The number of rotatable bonds is 2. The Morgan fingerprint density at radius 1 is 0.931 bits per heavy atom. The standard InChI is InChI=1S/C24H21N3O2/c1-16-14-18-7-3-5-9-22(18)27(16)24(29)20-15-19(10-12-25-20)23(28)26-13-11-17-6-2-4-8-21(17)26/h2-10,12,15-16H,11,13-14H2,1H3. The SMILES string of the molecule is CC1Cc2ccccc2N1C(=O)c1cc(C(=O)N2CCc3ccccc32)ccn1. The fourth-order valence-electron chi connectivity index (χ4n) is 4.38. The first-order valence-corrected chi connectivity index (χ1v) is 9.91. The Bertz CT molecular complexity index is 1120. The van der Waals surface area contributed by atoms with Gasteiger partial charge in [0.1, 0.15) is 5.69 Å². The van der Waals surface area contributed by atoms with Gasteiger partial charge in [-0.3, -0.25) is 14.6 Å². The molecule has 3 aromatic rings. The van der Waals surface area contributed by atoms with Crippen molar-refractivity contribution in [2.75, 3.05) is 16.3 Å². The van der Waals surface area contributed by atoms with Crippen molar-refractivity contribution in [3.05, 3.63) is 89.2 Å². The van der Waals surface area contributed by atoms with Crippen molar-refractivity contribution >= 4 is 23.2 Å². The average molecular weight is 383 g/mol. The van der Waals surface area contributed by atoms with E-state index in [0.29, 0.717) is 17.8 Å². The minimum atomic E-state index is -0.168. The molecule has 5 rings (SSSR count). The predicted molar refractivity (Wildman–Crippen MR) is 112 cm³/mol. The van der Waals surface area contributed by atoms with Crippen molar-refractivity contribution in [2.45, 2.75) is 25.8 Å². The second-order valence-corrected chi connectivity index (χ2v) is 7.62. The number of carbonyl (C=O) groups is 2. The predicted octanol–water partition coefficient (Wildman–Crippen LogP) is 3.88. The van der Waals surface area contributed by atoms with Gasteiger partial charge in [0.05, 0.1) is 0 Å². The van der Waals surface area contributed by atoms with Crippen LogP contribution in [0, 0.1) is 0 Å². The third kappa shape index (κ3) is 2.90. The lowest BCUT2D eigenvalue weighted by Gasteiger charge is -2.23. The third-order valence-electron chi connectivity index (χ3n) is 5.78. The van der Waals surface area contributed by atoms with Crippen LogP contribution in [0.5, 0.6) is 0 Å². The Kier molecular flexibility index (Phi) is 4.16. The van der Waals surface area contributed by atoms with Gasteiger partial charge < -0.3 is 9.80 Å². The zero-order valence-corrected chi connectivity index (χ0v) is 16.2. The molecule has 0 saturated heterocycles. The van der Waals surface area contributed by atoms with Crippen molar-refractivity contribution < 1.29 is 9.59 Å². The highest BCUT2D eigenvalue weighted by molar-refractivity contribution is 6.10. The number of carbonyl (C=O) groups excluding carboxylic acids is 2. The topological polar surface area (TPSA) is 53.5 Å². The highest BCUT2D eigenvalue weighted by Gasteiger charge is 2.32. The Hall–Kier alpha value is -3.47. The number of fused-ring (bicyclic) bond motifs is 2. The molecule has 0 N–H and O–H groups in total. The molecular formula is C24H21N3O2. The van der Waals surface area contributed by atoms with Gasteiger partial charge in [-0.1, -0.05) is 36.4 Å². The number of pyridine rings is 1. The van der Waals surface area contributed by atoms with Gasteiger partial charge in [-0.2, -0.15) is 0 Å². The van der Waals surface area contributed by atoms with Crippen molar-refractivity contribution in [2.24, 2.45) is 0 Å². The van der Waals surface area contributed by atoms with Crippen molar-refractivity contribution in [3.63, 3.8) is 0 Å². The zero-order chi connectivity index (χ0) is 20.0. The molecule has 144 valence electrons. The van der Waals surface area contributed by atoms with E-state index >= 15 is 0 Å². The monoisotopic (exact) mass is 383 g/mol. The van der Waals surface area contributed by atoms with E-state index in [4.69, 9.17) is 0 Å². The molecule has 2 aliphatic heterocycles. The number of benzene rings is 2. The molecule has 5 heteroatoms. The number of hydrogen-bond acceptors (Lipinski definition) is 3. The van der Waals surface area contributed by atoms with E-state index in [-0.39, 0.29) is 17.9 Å². The van der Waals surface area contributed by atoms with Crippen LogP contribution in [-0.2, 0) is 12.8 Å². The van der Waals surface area contributed by atoms with E-state index in [1.54, 1.807) is 28.1 Å². The van der Waals surface area contributed by atoms with E-state index in [2.05, 4.69) is 17.1 Å². The van der Waals surface area contributed by atoms with Crippen LogP contribution in [0.2, 0.25) is 0 Å². The van der Waals surface area contributed by atoms with Crippen LogP contribution in [-0.4, -0.2) is 29.4 Å². The molecule has 1 aromatic heterocycles. The summed E-state index contributed by atoms with van der Waals surface area (Å²) in [6.45, 7) is 2.69. The van der Waals surface area contributed by atoms with Crippen LogP contribution in [0.15, 0.2) is 66.9 Å². The van der Waals surface area contributed by atoms with Crippen LogP contribution in [0.3, 0.4) is 0 Å². The molecule has 0 bridgehead atoms. The van der Waals surface area contributed by atoms with E-state index < -0.39 is 0 Å². The molecule has 5 nitrogen and oxygen atoms in total. The molecule has 0 radical (unpaired) electrons. The summed E-state index contributed by atoms with van der Waals surface area (Å²) in [7, 11) is 0. The average Bonchev–Trinajstić information content (AvgIpc) is 3.33. The minimum Gasteiger partial charge on any atom is -0.308 e. The second kappa shape index (κ2) is 6.85. The molecule has 1 atom stereocenters. The van der Waals surface area contributed by atoms with Gasteiger partial charge in [0, 0.05) is 35.7 Å². The number of anilines is 2. The van der Waals surface area contributed by atoms with Gasteiger partial charge in [0.15, 0.2) is 0 Å². The zero-order valence-electron chi connectivity index (χ0n) is 16.2. The molecule has 0 saturated carbocycles. The lowest BCUT2D eigenvalue weighted by Crippen LogP contribution is -2.36. The third-order valence-corrected chi connectivity index (χ3v) is 5.78. The fraction of sp³-hybridized carbons (Fsp3) is 0.208. The lowest BCUT2D eigenvalue weighted by molar-refractivity contribution is 0.0976. The first-order chi connectivity index (χ1) is 14.1. The van der Waals surface area contributed by atoms with Gasteiger partial charge >= 0.3 is 0 Å². The highest BCUT2D eigenvalue weighted by Crippen LogP contribution is 2.33. The molecule has 2 aliphatic rings. The Morgan fingerprint density at radius 3 is 2.48 bits per heavy atom. The lowest BCUT2D eigenvalue weighted by atomic mass is 10.1. The van der Waals surface area contributed by atoms with E-state index in [9.17, 15) is 9.59 Å². The quantitative estimate of drug-likeness (QED) is 0.675. The molecule has 3 heterocycles. The summed E-state index contributed by atoms with van der Waals surface area (Å²) in [4.78, 5) is 34.3. The normalized spacial score (nSPS) is 17.2. The summed E-state index contributed by atoms with van der Waals surface area (Å²) >= 11 is 0. The van der Waals surface area contributed by atoms with Crippen LogP contribution >= 0.6 is 0 Å². The Morgan fingerprint density at radius 2 is 1.66 bits per heavy atom. The molecule has 1 unspecified atom stereocenters. The maximum Gasteiger partial charge on any atom is 0.277 e. The van der Waals surface area contributed by atoms with Crippen molar-refractivity contribution in [1.29, 1.82) is 0 Å². The minimum absolute atomic E-state index is 0.0616. The maximum atomic E-state index is 13.3. The summed E-state index contributed by atoms with van der Waals surface area (Å²) in [5, 5.41) is 0. The maximum absolute atomic E-state index is 13.3. The Labute approximate surface area is 169 Å². The molecule has 0 aliphatic carbocycles. The van der Waals surface area contributed by atoms with Crippen LogP contribution < -0.4 is 9.80 Å². The number of aromatic nitrogens is 1. The van der Waals surface area contributed by atoms with Crippen molar-refractivity contribution in [3.8, 4) is 0 Å². The number of amides is 2. The fourth-order valence-corrected chi connectivity index (χ4v) is 4.38. The summed E-state index contributed by atoms with van der Waals surface area (Å²) < 4.78 is 0. The smallest absolute Gasteiger partial charge is 0.277 e. The van der Waals surface area contributed by atoms with E-state index in [1.165, 1.54) is 5.56 Å². The molecule has 0 fully saturated rings. The number of hydrogen-bond donors (Lipinski definition) is 0. The first-order valence-electron chi connectivity index (χ1n) is 9.91. The van der Waals surface area contributed by atoms with Gasteiger partial charge in [-0.05, 0) is 55.2 Å². The van der Waals surface area contributed by atoms with Gasteiger partial charge in [-0.25, -0.2) is 0 Å². The summed E-state index contributed by atoms with van der Waals surface area (Å²) in [5.41, 5.74) is 5.00. The highest BCUT2D eigenvalue weighted by atomic mass is 16.2. The molecule has 2 aromatic carbocycles.